The van der Waals surface area contributed by atoms with Crippen LogP contribution in [-0.2, 0) is 13.7 Å². The minimum absolute atomic E-state index is 0.168. The first-order chi connectivity index (χ1) is 3.92. The van der Waals surface area contributed by atoms with E-state index in [-0.39, 0.29) is 5.75 Å². The minimum Gasteiger partial charge on any atom is -0.369 e. The average molecular weight is 169 g/mol. The van der Waals surface area contributed by atoms with Gasteiger partial charge in [0.25, 0.3) is 0 Å². The van der Waals surface area contributed by atoms with Gasteiger partial charge in [-0.25, -0.2) is 8.42 Å². The topological polar surface area (TPSA) is 77.2 Å². The molecule has 2 N–H and O–H groups in total. The number of hydrogen-bond donors (Lipinski definition) is 1. The lowest BCUT2D eigenvalue weighted by Gasteiger charge is -1.90. The molecule has 0 rings (SSSR count). The number of hydrogen-bond acceptors (Lipinski definition) is 4. The molecule has 1 amide bonds. The van der Waals surface area contributed by atoms with E-state index in [1.165, 1.54) is 0 Å². The Morgan fingerprint density at radius 3 is 2.22 bits per heavy atom. The molecule has 0 aliphatic rings. The zero-order valence-electron chi connectivity index (χ0n) is 4.83. The van der Waals surface area contributed by atoms with E-state index in [2.05, 4.69) is 5.73 Å². The van der Waals surface area contributed by atoms with Gasteiger partial charge in [-0.1, -0.05) is 0 Å². The van der Waals surface area contributed by atoms with Gasteiger partial charge in [-0.3, -0.25) is 4.79 Å². The maximum absolute atomic E-state index is 10.3. The van der Waals surface area contributed by atoms with Crippen LogP contribution in [0.1, 0.15) is 0 Å². The summed E-state index contributed by atoms with van der Waals surface area (Å²) in [4.78, 5) is 9.98. The number of amides is 1. The summed E-state index contributed by atoms with van der Waals surface area (Å²) in [6, 6.07) is 0. The predicted octanol–water partition coefficient (Wildman–Crippen LogP) is -0.835. The number of carbonyl (C=O) groups is 1. The highest BCUT2D eigenvalue weighted by molar-refractivity contribution is 8.72. The fourth-order valence-corrected chi connectivity index (χ4v) is 1.49. The van der Waals surface area contributed by atoms with Crippen molar-refractivity contribution in [1.82, 2.24) is 0 Å². The average Bonchev–Trinajstić information content (AvgIpc) is 1.59. The van der Waals surface area contributed by atoms with Crippen molar-refractivity contribution in [2.75, 3.05) is 12.0 Å². The van der Waals surface area contributed by atoms with E-state index in [0.29, 0.717) is 10.8 Å². The summed E-state index contributed by atoms with van der Waals surface area (Å²) in [7, 11) is -2.56. The molecule has 0 saturated heterocycles. The van der Waals surface area contributed by atoms with Crippen LogP contribution in [0.5, 0.6) is 0 Å². The summed E-state index contributed by atoms with van der Waals surface area (Å²) >= 11 is 0. The Kier molecular flexibility index (Phi) is 2.99. The van der Waals surface area contributed by atoms with Crippen molar-refractivity contribution in [2.45, 2.75) is 0 Å². The first kappa shape index (κ1) is 8.77. The fourth-order valence-electron chi connectivity index (χ4n) is 0.165. The van der Waals surface area contributed by atoms with E-state index in [1.807, 2.05) is 0 Å². The smallest absolute Gasteiger partial charge is 0.228 e. The molecule has 54 valence electrons. The van der Waals surface area contributed by atoms with Crippen molar-refractivity contribution in [1.29, 1.82) is 0 Å². The Hall–Kier alpha value is -0.230. The Morgan fingerprint density at radius 1 is 1.67 bits per heavy atom. The Balaban J connectivity index is 3.67. The second kappa shape index (κ2) is 3.07. The van der Waals surface area contributed by atoms with Crippen LogP contribution in [0.25, 0.3) is 0 Å². The van der Waals surface area contributed by atoms with Crippen LogP contribution >= 0.6 is 10.8 Å². The number of carbonyl (C=O) groups excluding carboxylic acids is 1. The lowest BCUT2D eigenvalue weighted by atomic mass is 10.8. The molecule has 0 aromatic heterocycles. The zero-order chi connectivity index (χ0) is 7.49. The first-order valence-electron chi connectivity index (χ1n) is 2.04. The Bertz CT molecular complexity index is 195. The fraction of sp³-hybridized carbons (Fsp3) is 0.667. The molecule has 4 nitrogen and oxygen atoms in total. The van der Waals surface area contributed by atoms with E-state index in [0.717, 1.165) is 6.26 Å². The number of primary amides is 1. The molecule has 0 heterocycles. The van der Waals surface area contributed by atoms with Crippen LogP contribution in [0.3, 0.4) is 0 Å². The van der Waals surface area contributed by atoms with Crippen LogP contribution in [0.15, 0.2) is 0 Å². The third-order valence-corrected chi connectivity index (χ3v) is 2.88. The van der Waals surface area contributed by atoms with Crippen molar-refractivity contribution in [3.05, 3.63) is 0 Å². The standard InChI is InChI=1S/C3H7NO3S2/c1-9(6,7)8-2-3(4)5/h2H2,1H3,(H2,4,5). The molecule has 0 unspecified atom stereocenters. The molecule has 6 heteroatoms. The van der Waals surface area contributed by atoms with Gasteiger partial charge < -0.3 is 5.73 Å². The van der Waals surface area contributed by atoms with Crippen molar-refractivity contribution in [3.8, 4) is 0 Å². The van der Waals surface area contributed by atoms with Crippen LogP contribution < -0.4 is 5.73 Å². The van der Waals surface area contributed by atoms with E-state index in [1.54, 1.807) is 0 Å². The summed E-state index contributed by atoms with van der Waals surface area (Å²) < 4.78 is 20.6. The zero-order valence-corrected chi connectivity index (χ0v) is 6.46. The monoisotopic (exact) mass is 169 g/mol. The van der Waals surface area contributed by atoms with Crippen LogP contribution in [0, 0.1) is 0 Å². The van der Waals surface area contributed by atoms with Crippen molar-refractivity contribution in [3.63, 3.8) is 0 Å². The van der Waals surface area contributed by atoms with E-state index < -0.39 is 14.8 Å². The largest absolute Gasteiger partial charge is 0.369 e. The summed E-state index contributed by atoms with van der Waals surface area (Å²) in [5.41, 5.74) is 4.68. The minimum atomic E-state index is -3.10. The molecule has 9 heavy (non-hydrogen) atoms. The van der Waals surface area contributed by atoms with Gasteiger partial charge in [0.05, 0.1) is 5.75 Å². The van der Waals surface area contributed by atoms with Crippen LogP contribution in [0.2, 0.25) is 0 Å². The quantitative estimate of drug-likeness (QED) is 0.559. The molecule has 0 aliphatic carbocycles. The Morgan fingerprint density at radius 2 is 2.11 bits per heavy atom. The van der Waals surface area contributed by atoms with Gasteiger partial charge in [0.15, 0.2) is 8.87 Å². The SMILES string of the molecule is CS(=O)(=O)SCC(N)=O. The van der Waals surface area contributed by atoms with Gasteiger partial charge in [0, 0.05) is 6.26 Å². The number of nitrogens with two attached hydrogens (primary N) is 1. The maximum Gasteiger partial charge on any atom is 0.228 e. The highest BCUT2D eigenvalue weighted by Crippen LogP contribution is 2.07. The van der Waals surface area contributed by atoms with Gasteiger partial charge in [-0.15, -0.1) is 0 Å². The van der Waals surface area contributed by atoms with Gasteiger partial charge in [-0.05, 0) is 10.8 Å². The van der Waals surface area contributed by atoms with Crippen LogP contribution in [-0.4, -0.2) is 26.3 Å². The second-order valence-electron chi connectivity index (χ2n) is 1.43. The van der Waals surface area contributed by atoms with Gasteiger partial charge in [0.1, 0.15) is 0 Å². The van der Waals surface area contributed by atoms with Crippen molar-refractivity contribution < 1.29 is 13.2 Å². The highest BCUT2D eigenvalue weighted by atomic mass is 33.1. The molecule has 0 saturated carbocycles. The Labute approximate surface area is 57.1 Å². The maximum atomic E-state index is 10.3. The van der Waals surface area contributed by atoms with Crippen LogP contribution in [0.4, 0.5) is 0 Å². The number of rotatable bonds is 3. The molecule has 0 fully saturated rings. The van der Waals surface area contributed by atoms with E-state index in [4.69, 9.17) is 0 Å². The van der Waals surface area contributed by atoms with E-state index >= 15 is 0 Å². The van der Waals surface area contributed by atoms with Gasteiger partial charge in [-0.2, -0.15) is 0 Å². The molecule has 0 atom stereocenters. The third kappa shape index (κ3) is 7.77. The molecule has 0 spiro atoms. The summed E-state index contributed by atoms with van der Waals surface area (Å²) in [5, 5.41) is 0. The predicted molar refractivity (Wildman–Crippen MR) is 36.5 cm³/mol. The lowest BCUT2D eigenvalue weighted by molar-refractivity contribution is -0.115. The molecule has 0 bridgehead atoms. The van der Waals surface area contributed by atoms with Crippen molar-refractivity contribution >= 4 is 25.6 Å². The lowest BCUT2D eigenvalue weighted by Crippen LogP contribution is -2.14. The van der Waals surface area contributed by atoms with Gasteiger partial charge in [0.2, 0.25) is 5.91 Å². The summed E-state index contributed by atoms with van der Waals surface area (Å²) in [6.45, 7) is 0. The normalized spacial score (nSPS) is 11.2. The molecule has 0 aliphatic heterocycles. The third-order valence-electron chi connectivity index (χ3n) is 0.415. The molecule has 0 radical (unpaired) electrons. The second-order valence-corrected chi connectivity index (χ2v) is 5.89. The molecular weight excluding hydrogens is 162 g/mol. The van der Waals surface area contributed by atoms with Gasteiger partial charge >= 0.3 is 0 Å². The summed E-state index contributed by atoms with van der Waals surface area (Å²) in [6.07, 6.45) is 1.03. The highest BCUT2D eigenvalue weighted by Gasteiger charge is 2.03. The summed E-state index contributed by atoms with van der Waals surface area (Å²) in [5.74, 6) is -0.788. The van der Waals surface area contributed by atoms with Crippen molar-refractivity contribution in [2.24, 2.45) is 5.73 Å². The van der Waals surface area contributed by atoms with E-state index in [9.17, 15) is 13.2 Å². The first-order valence-corrected chi connectivity index (χ1v) is 5.44. The molecule has 0 aromatic rings. The molecule has 0 aromatic carbocycles. The molecular formula is C3H7NO3S2.